The van der Waals surface area contributed by atoms with Crippen LogP contribution in [0, 0.1) is 12.8 Å². The molecule has 7 heteroatoms. The third-order valence-electron chi connectivity index (χ3n) is 6.16. The van der Waals surface area contributed by atoms with E-state index < -0.39 is 17.7 Å². The first kappa shape index (κ1) is 24.6. The Labute approximate surface area is 195 Å². The highest BCUT2D eigenvalue weighted by molar-refractivity contribution is 5.97. The molecule has 1 aromatic carbocycles. The third-order valence-corrected chi connectivity index (χ3v) is 6.16. The van der Waals surface area contributed by atoms with E-state index in [2.05, 4.69) is 10.6 Å². The largest absolute Gasteiger partial charge is 0.444 e. The molecule has 0 bridgehead atoms. The third kappa shape index (κ3) is 6.46. The molecule has 1 aliphatic rings. The maximum atomic E-state index is 13.2. The number of rotatable bonds is 5. The minimum atomic E-state index is -0.647. The standard InChI is InChI=1S/C26H35N3O4/c1-17-21(15-16-22(30)29(17)5)18-11-13-20(14-12-18)27-24(31)23(19-9-7-6-8-10-19)28-25(32)33-26(2,3)4/h11-16,19,23H,6-10H2,1-5H3,(H,27,31)(H,28,32). The van der Waals surface area contributed by atoms with Gasteiger partial charge in [-0.2, -0.15) is 0 Å². The zero-order valence-corrected chi connectivity index (χ0v) is 20.2. The summed E-state index contributed by atoms with van der Waals surface area (Å²) in [6, 6.07) is 10.2. The maximum Gasteiger partial charge on any atom is 0.408 e. The van der Waals surface area contributed by atoms with E-state index >= 15 is 0 Å². The van der Waals surface area contributed by atoms with Crippen molar-refractivity contribution in [2.75, 3.05) is 5.32 Å². The summed E-state index contributed by atoms with van der Waals surface area (Å²) in [5, 5.41) is 5.77. The van der Waals surface area contributed by atoms with Gasteiger partial charge < -0.3 is 19.9 Å². The van der Waals surface area contributed by atoms with E-state index in [0.717, 1.165) is 48.9 Å². The van der Waals surface area contributed by atoms with Crippen LogP contribution < -0.4 is 16.2 Å². The number of carbonyl (C=O) groups is 2. The summed E-state index contributed by atoms with van der Waals surface area (Å²) in [4.78, 5) is 37.4. The monoisotopic (exact) mass is 453 g/mol. The maximum absolute atomic E-state index is 13.2. The molecule has 0 saturated heterocycles. The molecule has 1 saturated carbocycles. The number of alkyl carbamates (subject to hydrolysis) is 1. The fraction of sp³-hybridized carbons (Fsp3) is 0.500. The summed E-state index contributed by atoms with van der Waals surface area (Å²) in [6.07, 6.45) is 4.49. The average molecular weight is 454 g/mol. The second kappa shape index (κ2) is 10.2. The quantitative estimate of drug-likeness (QED) is 0.682. The van der Waals surface area contributed by atoms with Gasteiger partial charge in [0, 0.05) is 30.1 Å². The van der Waals surface area contributed by atoms with Crippen molar-refractivity contribution in [3.05, 3.63) is 52.4 Å². The molecule has 0 spiro atoms. The molecule has 1 atom stereocenters. The Morgan fingerprint density at radius 2 is 1.67 bits per heavy atom. The zero-order chi connectivity index (χ0) is 24.2. The van der Waals surface area contributed by atoms with E-state index in [-0.39, 0.29) is 17.4 Å². The van der Waals surface area contributed by atoms with Gasteiger partial charge in [0.2, 0.25) is 11.5 Å². The molecular weight excluding hydrogens is 418 g/mol. The van der Waals surface area contributed by atoms with E-state index in [1.54, 1.807) is 38.5 Å². The number of anilines is 1. The summed E-state index contributed by atoms with van der Waals surface area (Å²) in [7, 11) is 1.75. The van der Waals surface area contributed by atoms with Crippen LogP contribution in [0.15, 0.2) is 41.2 Å². The van der Waals surface area contributed by atoms with E-state index in [4.69, 9.17) is 4.74 Å². The van der Waals surface area contributed by atoms with Crippen LogP contribution in [0.1, 0.15) is 58.6 Å². The minimum absolute atomic E-state index is 0.0497. The Morgan fingerprint density at radius 1 is 1.03 bits per heavy atom. The molecule has 2 N–H and O–H groups in total. The van der Waals surface area contributed by atoms with Gasteiger partial charge in [-0.05, 0) is 70.2 Å². The number of amides is 2. The number of ether oxygens (including phenoxy) is 1. The lowest BCUT2D eigenvalue weighted by atomic mass is 9.83. The number of hydrogen-bond donors (Lipinski definition) is 2. The van der Waals surface area contributed by atoms with Crippen molar-refractivity contribution in [1.82, 2.24) is 9.88 Å². The van der Waals surface area contributed by atoms with Crippen molar-refractivity contribution in [2.24, 2.45) is 13.0 Å². The predicted molar refractivity (Wildman–Crippen MR) is 130 cm³/mol. The highest BCUT2D eigenvalue weighted by Crippen LogP contribution is 2.28. The highest BCUT2D eigenvalue weighted by Gasteiger charge is 2.32. The molecule has 7 nitrogen and oxygen atoms in total. The summed E-state index contributed by atoms with van der Waals surface area (Å²) < 4.78 is 7.01. The van der Waals surface area contributed by atoms with Gasteiger partial charge in [-0.3, -0.25) is 9.59 Å². The van der Waals surface area contributed by atoms with Gasteiger partial charge in [-0.1, -0.05) is 31.4 Å². The normalized spacial score (nSPS) is 15.5. The van der Waals surface area contributed by atoms with Crippen LogP contribution in [-0.4, -0.2) is 28.2 Å². The van der Waals surface area contributed by atoms with Crippen LogP contribution in [0.25, 0.3) is 11.1 Å². The Hall–Kier alpha value is -3.09. The molecule has 0 radical (unpaired) electrons. The van der Waals surface area contributed by atoms with Crippen molar-refractivity contribution in [3.8, 4) is 11.1 Å². The molecule has 2 aromatic rings. The summed E-state index contributed by atoms with van der Waals surface area (Å²) >= 11 is 0. The number of aromatic nitrogens is 1. The fourth-order valence-corrected chi connectivity index (χ4v) is 4.29. The lowest BCUT2D eigenvalue weighted by molar-refractivity contribution is -0.119. The first-order valence-corrected chi connectivity index (χ1v) is 11.6. The lowest BCUT2D eigenvalue weighted by Gasteiger charge is -2.31. The summed E-state index contributed by atoms with van der Waals surface area (Å²) in [6.45, 7) is 7.31. The molecule has 1 aromatic heterocycles. The molecule has 1 fully saturated rings. The van der Waals surface area contributed by atoms with Crippen LogP contribution in [0.5, 0.6) is 0 Å². The molecule has 2 amide bonds. The number of nitrogens with one attached hydrogen (secondary N) is 2. The van der Waals surface area contributed by atoms with Gasteiger partial charge in [0.05, 0.1) is 0 Å². The van der Waals surface area contributed by atoms with Crippen molar-refractivity contribution in [2.45, 2.75) is 71.4 Å². The molecule has 33 heavy (non-hydrogen) atoms. The van der Waals surface area contributed by atoms with Gasteiger partial charge in [-0.15, -0.1) is 0 Å². The van der Waals surface area contributed by atoms with E-state index in [0.29, 0.717) is 5.69 Å². The summed E-state index contributed by atoms with van der Waals surface area (Å²) in [5.41, 5.74) is 2.76. The van der Waals surface area contributed by atoms with Crippen LogP contribution in [0.3, 0.4) is 0 Å². The van der Waals surface area contributed by atoms with Crippen LogP contribution >= 0.6 is 0 Å². The average Bonchev–Trinajstić information content (AvgIpc) is 2.76. The van der Waals surface area contributed by atoms with E-state index in [1.807, 2.05) is 37.3 Å². The first-order chi connectivity index (χ1) is 15.5. The van der Waals surface area contributed by atoms with Crippen molar-refractivity contribution in [3.63, 3.8) is 0 Å². The van der Waals surface area contributed by atoms with E-state index in [9.17, 15) is 14.4 Å². The minimum Gasteiger partial charge on any atom is -0.444 e. The number of pyridine rings is 1. The second-order valence-corrected chi connectivity index (χ2v) is 9.82. The van der Waals surface area contributed by atoms with Crippen molar-refractivity contribution >= 4 is 17.7 Å². The first-order valence-electron chi connectivity index (χ1n) is 11.6. The van der Waals surface area contributed by atoms with Crippen molar-refractivity contribution < 1.29 is 14.3 Å². The molecule has 178 valence electrons. The Balaban J connectivity index is 1.75. The van der Waals surface area contributed by atoms with Gasteiger partial charge in [-0.25, -0.2) is 4.79 Å². The van der Waals surface area contributed by atoms with Crippen LogP contribution in [0.2, 0.25) is 0 Å². The smallest absolute Gasteiger partial charge is 0.408 e. The number of carbonyl (C=O) groups excluding carboxylic acids is 2. The number of hydrogen-bond acceptors (Lipinski definition) is 4. The number of benzene rings is 1. The predicted octanol–water partition coefficient (Wildman–Crippen LogP) is 4.77. The molecule has 1 heterocycles. The van der Waals surface area contributed by atoms with E-state index in [1.165, 1.54) is 0 Å². The summed E-state index contributed by atoms with van der Waals surface area (Å²) in [5.74, 6) is -0.155. The molecule has 1 unspecified atom stereocenters. The Bertz CT molecular complexity index is 1040. The molecule has 1 aliphatic carbocycles. The van der Waals surface area contributed by atoms with Gasteiger partial charge >= 0.3 is 6.09 Å². The van der Waals surface area contributed by atoms with Crippen LogP contribution in [0.4, 0.5) is 10.5 Å². The SMILES string of the molecule is Cc1c(-c2ccc(NC(=O)C(NC(=O)OC(C)(C)C)C3CCCCC3)cc2)ccc(=O)n1C. The van der Waals surface area contributed by atoms with Gasteiger partial charge in [0.25, 0.3) is 0 Å². The molecular formula is C26H35N3O4. The fourth-order valence-electron chi connectivity index (χ4n) is 4.29. The Kier molecular flexibility index (Phi) is 7.61. The zero-order valence-electron chi connectivity index (χ0n) is 20.2. The van der Waals surface area contributed by atoms with Gasteiger partial charge in [0.1, 0.15) is 11.6 Å². The second-order valence-electron chi connectivity index (χ2n) is 9.82. The van der Waals surface area contributed by atoms with Crippen LogP contribution in [-0.2, 0) is 16.6 Å². The van der Waals surface area contributed by atoms with Gasteiger partial charge in [0.15, 0.2) is 0 Å². The number of nitrogens with zero attached hydrogens (tertiary/aromatic N) is 1. The topological polar surface area (TPSA) is 89.4 Å². The Morgan fingerprint density at radius 3 is 2.27 bits per heavy atom. The highest BCUT2D eigenvalue weighted by atomic mass is 16.6. The molecule has 3 rings (SSSR count). The lowest BCUT2D eigenvalue weighted by Crippen LogP contribution is -2.50. The van der Waals surface area contributed by atoms with Crippen molar-refractivity contribution in [1.29, 1.82) is 0 Å². The molecule has 0 aliphatic heterocycles.